The Morgan fingerprint density at radius 3 is 2.82 bits per heavy atom. The van der Waals surface area contributed by atoms with Crippen LogP contribution in [-0.4, -0.2) is 30.5 Å². The molecule has 0 atom stereocenters. The minimum Gasteiger partial charge on any atom is -0.338 e. The Balaban J connectivity index is 0.00000192. The zero-order chi connectivity index (χ0) is 15.7. The molecule has 0 spiro atoms. The zero-order valence-corrected chi connectivity index (χ0v) is 12.2. The molecule has 0 unspecified atom stereocenters. The second-order valence-corrected chi connectivity index (χ2v) is 6.39. The smallest absolute Gasteiger partial charge is 0.248 e. The lowest BCUT2D eigenvalue weighted by molar-refractivity contribution is 0.593. The van der Waals surface area contributed by atoms with Gasteiger partial charge in [-0.05, 0) is 12.1 Å². The van der Waals surface area contributed by atoms with Crippen molar-refractivity contribution < 1.29 is 9.84 Å². The second-order valence-electron chi connectivity index (χ2n) is 4.48. The van der Waals surface area contributed by atoms with Crippen molar-refractivity contribution in [2.75, 3.05) is 11.6 Å². The van der Waals surface area contributed by atoms with Crippen molar-refractivity contribution in [3.05, 3.63) is 36.0 Å². The van der Waals surface area contributed by atoms with Crippen LogP contribution in [0, 0.1) is 0 Å². The number of nitrogens with two attached hydrogens (primary N) is 1. The molecule has 1 aromatic carbocycles. The Kier molecular flexibility index (Phi) is 3.29. The van der Waals surface area contributed by atoms with Gasteiger partial charge in [-0.1, -0.05) is 17.4 Å². The molecule has 2 heterocycles. The van der Waals surface area contributed by atoms with Crippen molar-refractivity contribution in [2.24, 2.45) is 21.2 Å². The minimum atomic E-state index is -3.54. The molecule has 0 amide bonds. The first-order valence-electron chi connectivity index (χ1n) is 6.12. The Morgan fingerprint density at radius 2 is 2.09 bits per heavy atom. The molecule has 10 heteroatoms. The summed E-state index contributed by atoms with van der Waals surface area (Å²) in [6.45, 7) is 0. The van der Waals surface area contributed by atoms with E-state index in [1.54, 1.807) is 12.1 Å². The van der Waals surface area contributed by atoms with E-state index in [0.717, 1.165) is 6.26 Å². The van der Waals surface area contributed by atoms with Crippen LogP contribution in [0.5, 0.6) is 0 Å². The van der Waals surface area contributed by atoms with Gasteiger partial charge in [0.25, 0.3) is 0 Å². The molecule has 2 aromatic rings. The maximum absolute atomic E-state index is 11.6. The van der Waals surface area contributed by atoms with Gasteiger partial charge in [-0.3, -0.25) is 0 Å². The summed E-state index contributed by atoms with van der Waals surface area (Å²) in [6, 6.07) is 7.18. The van der Waals surface area contributed by atoms with E-state index in [1.807, 2.05) is 12.1 Å². The van der Waals surface area contributed by atoms with Crippen molar-refractivity contribution in [3.63, 3.8) is 0 Å². The van der Waals surface area contributed by atoms with Gasteiger partial charge in [0.2, 0.25) is 15.0 Å². The van der Waals surface area contributed by atoms with E-state index in [9.17, 15) is 8.42 Å². The molecule has 1 aliphatic heterocycles. The number of aliphatic imine (C=N–C) groups is 1. The lowest BCUT2D eigenvalue weighted by atomic mass is 10.2. The number of hydrogen-bond acceptors (Lipinski definition) is 8. The van der Waals surface area contributed by atoms with Gasteiger partial charge in [0.15, 0.2) is 5.84 Å². The summed E-state index contributed by atoms with van der Waals surface area (Å²) in [6.07, 6.45) is 2.36. The van der Waals surface area contributed by atoms with Crippen LogP contribution in [0.2, 0.25) is 0 Å². The monoisotopic (exact) mass is 319 g/mol. The first kappa shape index (κ1) is 14.1. The number of nitrogens with zero attached hydrogens (tertiary/aromatic N) is 5. The number of hydrogen-bond donors (Lipinski definition) is 2. The molecule has 22 heavy (non-hydrogen) atoms. The highest BCUT2D eigenvalue weighted by atomic mass is 32.2. The molecular weight excluding hydrogens is 306 g/mol. The molecule has 0 saturated carbocycles. The molecule has 0 radical (unpaired) electrons. The summed E-state index contributed by atoms with van der Waals surface area (Å²) in [4.78, 5) is 12.2. The van der Waals surface area contributed by atoms with Gasteiger partial charge in [-0.15, -0.1) is 5.11 Å². The molecule has 114 valence electrons. The molecule has 1 aliphatic rings. The van der Waals surface area contributed by atoms with E-state index in [4.69, 9.17) is 5.84 Å². The number of rotatable bonds is 1. The molecule has 9 nitrogen and oxygen atoms in total. The van der Waals surface area contributed by atoms with E-state index >= 15 is 0 Å². The van der Waals surface area contributed by atoms with Crippen LogP contribution in [0.4, 0.5) is 17.2 Å². The molecule has 0 bridgehead atoms. The maximum atomic E-state index is 11.6. The average Bonchev–Trinajstić information content (AvgIpc) is 2.62. The summed E-state index contributed by atoms with van der Waals surface area (Å²) in [7, 11) is -3.54. The number of benzene rings is 1. The van der Waals surface area contributed by atoms with Gasteiger partial charge in [-0.25, -0.2) is 23.4 Å². The van der Waals surface area contributed by atoms with Gasteiger partial charge in [0.1, 0.15) is 5.82 Å². The van der Waals surface area contributed by atoms with Gasteiger partial charge >= 0.3 is 0 Å². The lowest BCUT2D eigenvalue weighted by Crippen LogP contribution is -2.10. The number of nitrogens with one attached hydrogen (secondary N) is 1. The fraction of sp³-hybridized carbons (Fsp3) is 0.0833. The van der Waals surface area contributed by atoms with Crippen LogP contribution < -0.4 is 11.2 Å². The van der Waals surface area contributed by atoms with Gasteiger partial charge < -0.3 is 11.2 Å². The largest absolute Gasteiger partial charge is 0.338 e. The SMILES string of the molecule is CS(=O)(=O)c1ncc2c(n1)Nc1ccccc1N=C2N=NN.[HH]. The molecule has 1 aromatic heterocycles. The lowest BCUT2D eigenvalue weighted by Gasteiger charge is -2.08. The molecular formula is C12H13N7O2S. The predicted molar refractivity (Wildman–Crippen MR) is 82.2 cm³/mol. The molecule has 0 fully saturated rings. The highest BCUT2D eigenvalue weighted by molar-refractivity contribution is 7.90. The fourth-order valence-corrected chi connectivity index (χ4v) is 2.41. The number of sulfone groups is 1. The molecule has 0 aliphatic carbocycles. The van der Waals surface area contributed by atoms with Crippen LogP contribution >= 0.6 is 0 Å². The Bertz CT molecular complexity index is 911. The normalized spacial score (nSPS) is 13.8. The van der Waals surface area contributed by atoms with E-state index < -0.39 is 9.84 Å². The van der Waals surface area contributed by atoms with E-state index in [2.05, 4.69) is 30.6 Å². The van der Waals surface area contributed by atoms with Crippen molar-refractivity contribution in [2.45, 2.75) is 5.16 Å². The third-order valence-electron chi connectivity index (χ3n) is 2.88. The highest BCUT2D eigenvalue weighted by Crippen LogP contribution is 2.33. The van der Waals surface area contributed by atoms with Crippen LogP contribution in [0.25, 0.3) is 0 Å². The molecule has 3 N–H and O–H groups in total. The van der Waals surface area contributed by atoms with Crippen molar-refractivity contribution >= 4 is 32.9 Å². The van der Waals surface area contributed by atoms with E-state index in [0.29, 0.717) is 16.9 Å². The van der Waals surface area contributed by atoms with E-state index in [1.165, 1.54) is 6.20 Å². The number of fused-ring (bicyclic) bond motifs is 2. The van der Waals surface area contributed by atoms with Crippen LogP contribution in [0.15, 0.2) is 50.9 Å². The molecule has 0 saturated heterocycles. The third-order valence-corrected chi connectivity index (χ3v) is 3.74. The first-order valence-corrected chi connectivity index (χ1v) is 8.01. The van der Waals surface area contributed by atoms with Crippen LogP contribution in [-0.2, 0) is 9.84 Å². The third kappa shape index (κ3) is 2.51. The second kappa shape index (κ2) is 5.15. The Morgan fingerprint density at radius 1 is 1.32 bits per heavy atom. The molecule has 3 rings (SSSR count). The van der Waals surface area contributed by atoms with Crippen molar-refractivity contribution in [1.29, 1.82) is 0 Å². The standard InChI is InChI=1S/C12H11N7O2S.H2/c1-22(20,21)12-14-6-7-10(17-12)15-8-4-2-3-5-9(8)16-11(7)18-19-13;/h2-6H,1H3,(H2,13,16,18)(H,14,15,17);1H. The van der Waals surface area contributed by atoms with Crippen molar-refractivity contribution in [1.82, 2.24) is 9.97 Å². The predicted octanol–water partition coefficient (Wildman–Crippen LogP) is 1.59. The maximum Gasteiger partial charge on any atom is 0.248 e. The number of amidine groups is 1. The number of anilines is 2. The van der Waals surface area contributed by atoms with Crippen LogP contribution in [0.3, 0.4) is 0 Å². The topological polar surface area (TPSA) is 135 Å². The average molecular weight is 319 g/mol. The number of para-hydroxylation sites is 2. The van der Waals surface area contributed by atoms with Crippen LogP contribution in [0.1, 0.15) is 6.99 Å². The highest BCUT2D eigenvalue weighted by Gasteiger charge is 2.21. The van der Waals surface area contributed by atoms with Gasteiger partial charge in [-0.2, -0.15) is 0 Å². The Labute approximate surface area is 127 Å². The zero-order valence-electron chi connectivity index (χ0n) is 11.4. The quantitative estimate of drug-likeness (QED) is 0.354. The summed E-state index contributed by atoms with van der Waals surface area (Å²) >= 11 is 0. The fourth-order valence-electron chi connectivity index (χ4n) is 1.91. The summed E-state index contributed by atoms with van der Waals surface area (Å²) in [5.41, 5.74) is 1.66. The summed E-state index contributed by atoms with van der Waals surface area (Å²) in [5, 5.41) is 9.74. The summed E-state index contributed by atoms with van der Waals surface area (Å²) < 4.78 is 23.2. The summed E-state index contributed by atoms with van der Waals surface area (Å²) in [5.74, 6) is 5.57. The number of aromatic nitrogens is 2. The van der Waals surface area contributed by atoms with Crippen molar-refractivity contribution in [3.8, 4) is 0 Å². The van der Waals surface area contributed by atoms with Gasteiger partial charge in [0, 0.05) is 13.9 Å². The minimum absolute atomic E-state index is 0. The Hall–Kier alpha value is -2.88. The van der Waals surface area contributed by atoms with Gasteiger partial charge in [0.05, 0.1) is 16.9 Å². The van der Waals surface area contributed by atoms with E-state index in [-0.39, 0.29) is 18.2 Å². The first-order chi connectivity index (χ1) is 10.5.